The minimum absolute atomic E-state index is 0.843. The molecule has 0 atom stereocenters. The minimum Gasteiger partial charge on any atom is -0.316 e. The van der Waals surface area contributed by atoms with E-state index in [1.165, 1.54) is 11.1 Å². The summed E-state index contributed by atoms with van der Waals surface area (Å²) in [6.45, 7) is 2.93. The maximum atomic E-state index is 4.36. The number of hydrogen-bond acceptors (Lipinski definition) is 2. The van der Waals surface area contributed by atoms with Gasteiger partial charge in [0.25, 0.3) is 0 Å². The maximum Gasteiger partial charge on any atom is 0.0675 e. The molecule has 0 amide bonds. The molecule has 1 aromatic heterocycles. The molecule has 4 heteroatoms. The van der Waals surface area contributed by atoms with Gasteiger partial charge in [-0.1, -0.05) is 15.9 Å². The van der Waals surface area contributed by atoms with Crippen molar-refractivity contribution in [3.05, 3.63) is 46.2 Å². The van der Waals surface area contributed by atoms with E-state index in [1.54, 1.807) is 0 Å². The molecule has 0 unspecified atom stereocenters. The minimum atomic E-state index is 0.843. The van der Waals surface area contributed by atoms with E-state index in [2.05, 4.69) is 45.4 Å². The maximum absolute atomic E-state index is 4.36. The quantitative estimate of drug-likeness (QED) is 0.936. The summed E-state index contributed by atoms with van der Waals surface area (Å²) < 4.78 is 3.01. The highest BCUT2D eigenvalue weighted by atomic mass is 79.9. The van der Waals surface area contributed by atoms with E-state index in [4.69, 9.17) is 0 Å². The number of nitrogens with zero attached hydrogens (tertiary/aromatic N) is 2. The average molecular weight is 280 g/mol. The molecule has 1 N–H and O–H groups in total. The first-order valence-electron chi connectivity index (χ1n) is 5.15. The molecular formula is C12H14BrN3. The van der Waals surface area contributed by atoms with Crippen LogP contribution in [0.1, 0.15) is 11.1 Å². The summed E-state index contributed by atoms with van der Waals surface area (Å²) >= 11 is 3.46. The summed E-state index contributed by atoms with van der Waals surface area (Å²) in [4.78, 5) is 0. The van der Waals surface area contributed by atoms with Crippen molar-refractivity contribution in [3.8, 4) is 5.69 Å². The Morgan fingerprint density at radius 2 is 2.25 bits per heavy atom. The third-order valence-electron chi connectivity index (χ3n) is 2.42. The largest absolute Gasteiger partial charge is 0.316 e. The standard InChI is InChI=1S/C12H14BrN3/c1-9-5-11(13)3-4-12(9)16-8-10(6-14-2)7-15-16/h3-5,7-8,14H,6H2,1-2H3. The smallest absolute Gasteiger partial charge is 0.0675 e. The van der Waals surface area contributed by atoms with Crippen LogP contribution < -0.4 is 5.32 Å². The van der Waals surface area contributed by atoms with Crippen LogP contribution in [0, 0.1) is 6.92 Å². The normalized spacial score (nSPS) is 10.7. The number of benzene rings is 1. The molecule has 3 nitrogen and oxygen atoms in total. The van der Waals surface area contributed by atoms with Crippen molar-refractivity contribution >= 4 is 15.9 Å². The van der Waals surface area contributed by atoms with E-state index >= 15 is 0 Å². The molecular weight excluding hydrogens is 266 g/mol. The molecule has 1 aromatic carbocycles. The zero-order valence-corrected chi connectivity index (χ0v) is 11.0. The SMILES string of the molecule is CNCc1cnn(-c2ccc(Br)cc2C)c1. The lowest BCUT2D eigenvalue weighted by Crippen LogP contribution is -2.03. The van der Waals surface area contributed by atoms with Crippen molar-refractivity contribution in [1.82, 2.24) is 15.1 Å². The van der Waals surface area contributed by atoms with Crippen LogP contribution >= 0.6 is 15.9 Å². The number of aromatic nitrogens is 2. The van der Waals surface area contributed by atoms with Crippen molar-refractivity contribution in [1.29, 1.82) is 0 Å². The molecule has 1 heterocycles. The van der Waals surface area contributed by atoms with Gasteiger partial charge in [0.15, 0.2) is 0 Å². The molecule has 84 valence electrons. The van der Waals surface area contributed by atoms with Gasteiger partial charge in [-0.15, -0.1) is 0 Å². The molecule has 2 aromatic rings. The number of halogens is 1. The lowest BCUT2D eigenvalue weighted by atomic mass is 10.2. The zero-order valence-electron chi connectivity index (χ0n) is 9.37. The van der Waals surface area contributed by atoms with Gasteiger partial charge in [-0.25, -0.2) is 4.68 Å². The summed E-state index contributed by atoms with van der Waals surface area (Å²) in [6, 6.07) is 6.19. The third kappa shape index (κ3) is 2.33. The van der Waals surface area contributed by atoms with Gasteiger partial charge in [0, 0.05) is 22.8 Å². The second kappa shape index (κ2) is 4.80. The van der Waals surface area contributed by atoms with Crippen LogP contribution in [0.2, 0.25) is 0 Å². The van der Waals surface area contributed by atoms with Crippen molar-refractivity contribution in [3.63, 3.8) is 0 Å². The Morgan fingerprint density at radius 3 is 2.94 bits per heavy atom. The predicted octanol–water partition coefficient (Wildman–Crippen LogP) is 2.66. The van der Waals surface area contributed by atoms with Gasteiger partial charge < -0.3 is 5.32 Å². The summed E-state index contributed by atoms with van der Waals surface area (Å²) in [5.41, 5.74) is 3.50. The van der Waals surface area contributed by atoms with Crippen LogP contribution in [0.5, 0.6) is 0 Å². The Hall–Kier alpha value is -1.13. The predicted molar refractivity (Wildman–Crippen MR) is 68.8 cm³/mol. The molecule has 2 rings (SSSR count). The number of aryl methyl sites for hydroxylation is 1. The fraction of sp³-hybridized carbons (Fsp3) is 0.250. The Morgan fingerprint density at radius 1 is 1.44 bits per heavy atom. The Bertz CT molecular complexity index is 491. The Balaban J connectivity index is 2.35. The van der Waals surface area contributed by atoms with E-state index in [0.29, 0.717) is 0 Å². The molecule has 0 aliphatic carbocycles. The lowest BCUT2D eigenvalue weighted by Gasteiger charge is -2.05. The molecule has 0 radical (unpaired) electrons. The average Bonchev–Trinajstić information content (AvgIpc) is 2.67. The highest BCUT2D eigenvalue weighted by Gasteiger charge is 2.03. The molecule has 0 saturated heterocycles. The van der Waals surface area contributed by atoms with E-state index in [9.17, 15) is 0 Å². The summed E-state index contributed by atoms with van der Waals surface area (Å²) in [5.74, 6) is 0. The van der Waals surface area contributed by atoms with Gasteiger partial charge in [-0.05, 0) is 37.7 Å². The Labute approximate surface area is 104 Å². The number of nitrogens with one attached hydrogen (secondary N) is 1. The van der Waals surface area contributed by atoms with Gasteiger partial charge in [0.2, 0.25) is 0 Å². The zero-order chi connectivity index (χ0) is 11.5. The van der Waals surface area contributed by atoms with Crippen molar-refractivity contribution in [2.24, 2.45) is 0 Å². The second-order valence-corrected chi connectivity index (χ2v) is 4.67. The van der Waals surface area contributed by atoms with Crippen LogP contribution in [0.25, 0.3) is 5.69 Å². The lowest BCUT2D eigenvalue weighted by molar-refractivity contribution is 0.816. The van der Waals surface area contributed by atoms with Crippen LogP contribution in [-0.4, -0.2) is 16.8 Å². The first-order chi connectivity index (χ1) is 7.70. The monoisotopic (exact) mass is 279 g/mol. The van der Waals surface area contributed by atoms with Crippen molar-refractivity contribution < 1.29 is 0 Å². The Kier molecular flexibility index (Phi) is 3.41. The third-order valence-corrected chi connectivity index (χ3v) is 2.92. The fourth-order valence-corrected chi connectivity index (χ4v) is 2.14. The second-order valence-electron chi connectivity index (χ2n) is 3.75. The van der Waals surface area contributed by atoms with E-state index in [-0.39, 0.29) is 0 Å². The van der Waals surface area contributed by atoms with Crippen molar-refractivity contribution in [2.45, 2.75) is 13.5 Å². The van der Waals surface area contributed by atoms with Gasteiger partial charge >= 0.3 is 0 Å². The van der Waals surface area contributed by atoms with Gasteiger partial charge in [-0.2, -0.15) is 5.10 Å². The first-order valence-corrected chi connectivity index (χ1v) is 5.94. The molecule has 0 saturated carbocycles. The summed E-state index contributed by atoms with van der Waals surface area (Å²) in [5, 5.41) is 7.47. The highest BCUT2D eigenvalue weighted by molar-refractivity contribution is 9.10. The molecule has 16 heavy (non-hydrogen) atoms. The van der Waals surface area contributed by atoms with E-state index in [1.807, 2.05) is 30.2 Å². The highest BCUT2D eigenvalue weighted by Crippen LogP contribution is 2.19. The fourth-order valence-electron chi connectivity index (χ4n) is 1.66. The summed E-state index contributed by atoms with van der Waals surface area (Å²) in [7, 11) is 1.93. The van der Waals surface area contributed by atoms with Crippen molar-refractivity contribution in [2.75, 3.05) is 7.05 Å². The van der Waals surface area contributed by atoms with Crippen LogP contribution in [0.3, 0.4) is 0 Å². The van der Waals surface area contributed by atoms with Gasteiger partial charge in [-0.3, -0.25) is 0 Å². The molecule has 0 bridgehead atoms. The molecule has 0 spiro atoms. The number of rotatable bonds is 3. The topological polar surface area (TPSA) is 29.9 Å². The first kappa shape index (κ1) is 11.4. The van der Waals surface area contributed by atoms with Gasteiger partial charge in [0.1, 0.15) is 0 Å². The van der Waals surface area contributed by atoms with E-state index < -0.39 is 0 Å². The molecule has 0 fully saturated rings. The van der Waals surface area contributed by atoms with Crippen LogP contribution in [-0.2, 0) is 6.54 Å². The van der Waals surface area contributed by atoms with Gasteiger partial charge in [0.05, 0.1) is 11.9 Å². The molecule has 0 aliphatic heterocycles. The summed E-state index contributed by atoms with van der Waals surface area (Å²) in [6.07, 6.45) is 3.94. The van der Waals surface area contributed by atoms with E-state index in [0.717, 1.165) is 16.7 Å². The number of hydrogen-bond donors (Lipinski definition) is 1. The molecule has 0 aliphatic rings. The van der Waals surface area contributed by atoms with Crippen LogP contribution in [0.15, 0.2) is 35.1 Å². The van der Waals surface area contributed by atoms with Crippen LogP contribution in [0.4, 0.5) is 0 Å².